The number of aromatic nitrogens is 1. The molecule has 0 aliphatic carbocycles. The van der Waals surface area contributed by atoms with Gasteiger partial charge in [-0.05, 0) is 31.2 Å². The molecule has 1 aromatic heterocycles. The Morgan fingerprint density at radius 3 is 2.53 bits per heavy atom. The van der Waals surface area contributed by atoms with E-state index in [9.17, 15) is 4.79 Å². The molecule has 0 aliphatic rings. The van der Waals surface area contributed by atoms with Gasteiger partial charge in [0.05, 0.1) is 0 Å². The van der Waals surface area contributed by atoms with Gasteiger partial charge in [-0.25, -0.2) is 4.98 Å². The van der Waals surface area contributed by atoms with Crippen molar-refractivity contribution in [3.63, 3.8) is 0 Å². The molecule has 1 heterocycles. The molecule has 2 rings (SSSR count). The van der Waals surface area contributed by atoms with Crippen molar-refractivity contribution < 1.29 is 4.79 Å². The number of carbonyl (C=O) groups excluding carboxylic acids is 1. The molecule has 4 heteroatoms. The summed E-state index contributed by atoms with van der Waals surface area (Å²) in [5.74, 6) is 0.813. The van der Waals surface area contributed by atoms with Crippen LogP contribution < -0.4 is 4.90 Å². The molecular weight excluding hydrogens is 304 g/mol. The molecule has 3 nitrogen and oxygen atoms in total. The van der Waals surface area contributed by atoms with Crippen LogP contribution in [0.5, 0.6) is 0 Å². The Bertz CT molecular complexity index is 606. The predicted molar refractivity (Wildman–Crippen MR) is 80.9 cm³/mol. The van der Waals surface area contributed by atoms with E-state index in [-0.39, 0.29) is 5.78 Å². The van der Waals surface area contributed by atoms with Gasteiger partial charge in [0.1, 0.15) is 5.82 Å². The average molecular weight is 319 g/mol. The molecule has 19 heavy (non-hydrogen) atoms. The number of anilines is 1. The van der Waals surface area contributed by atoms with Gasteiger partial charge in [0.2, 0.25) is 0 Å². The average Bonchev–Trinajstić information content (AvgIpc) is 2.41. The zero-order valence-corrected chi connectivity index (χ0v) is 12.7. The second-order valence-corrected chi connectivity index (χ2v) is 5.47. The van der Waals surface area contributed by atoms with Crippen LogP contribution in [0.4, 0.5) is 5.82 Å². The molecule has 0 radical (unpaired) electrons. The van der Waals surface area contributed by atoms with E-state index in [0.717, 1.165) is 15.9 Å². The fraction of sp³-hybridized carbons (Fsp3) is 0.200. The van der Waals surface area contributed by atoms with Crippen molar-refractivity contribution in [3.05, 3.63) is 57.7 Å². The van der Waals surface area contributed by atoms with Crippen LogP contribution in [0.2, 0.25) is 0 Å². The molecule has 2 aromatic rings. The molecule has 0 spiro atoms. The molecule has 98 valence electrons. The number of benzene rings is 1. The van der Waals surface area contributed by atoms with Gasteiger partial charge in [0.25, 0.3) is 0 Å². The minimum absolute atomic E-state index is 0.0200. The maximum atomic E-state index is 12.4. The summed E-state index contributed by atoms with van der Waals surface area (Å²) in [5, 5.41) is 0. The minimum Gasteiger partial charge on any atom is -0.363 e. The van der Waals surface area contributed by atoms with Gasteiger partial charge in [-0.15, -0.1) is 0 Å². The number of hydrogen-bond acceptors (Lipinski definition) is 3. The number of rotatable bonds is 3. The number of pyridine rings is 1. The molecule has 0 saturated heterocycles. The molecule has 0 aliphatic heterocycles. The summed E-state index contributed by atoms with van der Waals surface area (Å²) in [5.41, 5.74) is 2.32. The van der Waals surface area contributed by atoms with Crippen LogP contribution in [0.3, 0.4) is 0 Å². The summed E-state index contributed by atoms with van der Waals surface area (Å²) in [6.07, 6.45) is 1.62. The van der Waals surface area contributed by atoms with Crippen LogP contribution in [0.15, 0.2) is 41.0 Å². The van der Waals surface area contributed by atoms with Crippen molar-refractivity contribution in [2.45, 2.75) is 6.92 Å². The summed E-state index contributed by atoms with van der Waals surface area (Å²) < 4.78 is 0.805. The molecule has 0 saturated carbocycles. The Kier molecular flexibility index (Phi) is 4.00. The smallest absolute Gasteiger partial charge is 0.195 e. The highest BCUT2D eigenvalue weighted by atomic mass is 79.9. The third-order valence-electron chi connectivity index (χ3n) is 2.83. The van der Waals surface area contributed by atoms with Gasteiger partial charge in [-0.1, -0.05) is 27.6 Å². The van der Waals surface area contributed by atoms with Gasteiger partial charge < -0.3 is 4.90 Å². The van der Waals surface area contributed by atoms with Gasteiger partial charge >= 0.3 is 0 Å². The summed E-state index contributed by atoms with van der Waals surface area (Å²) in [4.78, 5) is 18.6. The summed E-state index contributed by atoms with van der Waals surface area (Å²) in [6, 6.07) is 9.39. The molecule has 0 fully saturated rings. The highest BCUT2D eigenvalue weighted by Gasteiger charge is 2.13. The summed E-state index contributed by atoms with van der Waals surface area (Å²) in [7, 11) is 3.84. The molecular formula is C15H15BrN2O. The van der Waals surface area contributed by atoms with E-state index in [2.05, 4.69) is 20.9 Å². The van der Waals surface area contributed by atoms with Crippen molar-refractivity contribution in [1.29, 1.82) is 0 Å². The van der Waals surface area contributed by atoms with E-state index in [4.69, 9.17) is 0 Å². The van der Waals surface area contributed by atoms with Crippen LogP contribution in [0.1, 0.15) is 21.5 Å². The highest BCUT2D eigenvalue weighted by molar-refractivity contribution is 9.10. The van der Waals surface area contributed by atoms with Crippen LogP contribution >= 0.6 is 15.9 Å². The topological polar surface area (TPSA) is 33.2 Å². The first-order valence-electron chi connectivity index (χ1n) is 5.93. The second-order valence-electron chi connectivity index (χ2n) is 4.61. The number of halogens is 1. The summed E-state index contributed by atoms with van der Waals surface area (Å²) in [6.45, 7) is 1.97. The second kappa shape index (κ2) is 5.53. The Hall–Kier alpha value is -1.68. The van der Waals surface area contributed by atoms with E-state index in [1.165, 1.54) is 0 Å². The molecule has 0 amide bonds. The number of aryl methyl sites for hydroxylation is 1. The zero-order chi connectivity index (χ0) is 14.0. The third-order valence-corrected chi connectivity index (χ3v) is 3.53. The van der Waals surface area contributed by atoms with Crippen molar-refractivity contribution >= 4 is 27.5 Å². The van der Waals surface area contributed by atoms with E-state index in [1.807, 2.05) is 50.2 Å². The quantitative estimate of drug-likeness (QED) is 0.813. The number of hydrogen-bond donors (Lipinski definition) is 0. The lowest BCUT2D eigenvalue weighted by atomic mass is 10.0. The van der Waals surface area contributed by atoms with Gasteiger partial charge in [0.15, 0.2) is 5.78 Å². The van der Waals surface area contributed by atoms with Crippen molar-refractivity contribution in [2.75, 3.05) is 19.0 Å². The standard InChI is InChI=1S/C15H15BrN2O/c1-10-4-6-13(16)12(8-10)15(19)11-5-7-14(17-9-11)18(2)3/h4-9H,1-3H3. The van der Waals surface area contributed by atoms with Crippen molar-refractivity contribution in [2.24, 2.45) is 0 Å². The van der Waals surface area contributed by atoms with Crippen molar-refractivity contribution in [1.82, 2.24) is 4.98 Å². The predicted octanol–water partition coefficient (Wildman–Crippen LogP) is 3.45. The maximum Gasteiger partial charge on any atom is 0.195 e. The van der Waals surface area contributed by atoms with Crippen molar-refractivity contribution in [3.8, 4) is 0 Å². The van der Waals surface area contributed by atoms with Crippen LogP contribution in [0, 0.1) is 6.92 Å². The molecule has 0 N–H and O–H groups in total. The Morgan fingerprint density at radius 1 is 1.21 bits per heavy atom. The van der Waals surface area contributed by atoms with Crippen LogP contribution in [-0.2, 0) is 0 Å². The van der Waals surface area contributed by atoms with Gasteiger partial charge in [-0.3, -0.25) is 4.79 Å². The lowest BCUT2D eigenvalue weighted by Gasteiger charge is -2.11. The van der Waals surface area contributed by atoms with Gasteiger partial charge in [-0.2, -0.15) is 0 Å². The normalized spacial score (nSPS) is 10.3. The minimum atomic E-state index is -0.0200. The van der Waals surface area contributed by atoms with E-state index >= 15 is 0 Å². The molecule has 0 unspecified atom stereocenters. The Morgan fingerprint density at radius 2 is 1.95 bits per heavy atom. The third kappa shape index (κ3) is 3.01. The number of carbonyl (C=O) groups is 1. The fourth-order valence-electron chi connectivity index (χ4n) is 1.75. The van der Waals surface area contributed by atoms with E-state index in [0.29, 0.717) is 11.1 Å². The zero-order valence-electron chi connectivity index (χ0n) is 11.1. The SMILES string of the molecule is Cc1ccc(Br)c(C(=O)c2ccc(N(C)C)nc2)c1. The molecule has 0 atom stereocenters. The summed E-state index contributed by atoms with van der Waals surface area (Å²) >= 11 is 3.42. The highest BCUT2D eigenvalue weighted by Crippen LogP contribution is 2.21. The van der Waals surface area contributed by atoms with E-state index < -0.39 is 0 Å². The first-order valence-corrected chi connectivity index (χ1v) is 6.72. The van der Waals surface area contributed by atoms with Crippen LogP contribution in [-0.4, -0.2) is 24.9 Å². The Labute approximate surface area is 121 Å². The monoisotopic (exact) mass is 318 g/mol. The Balaban J connectivity index is 2.36. The number of ketones is 1. The number of nitrogens with zero attached hydrogens (tertiary/aromatic N) is 2. The first kappa shape index (κ1) is 13.7. The lowest BCUT2D eigenvalue weighted by molar-refractivity contribution is 0.103. The van der Waals surface area contributed by atoms with E-state index in [1.54, 1.807) is 12.3 Å². The largest absolute Gasteiger partial charge is 0.363 e. The fourth-order valence-corrected chi connectivity index (χ4v) is 2.18. The first-order chi connectivity index (χ1) is 8.99. The molecule has 1 aromatic carbocycles. The maximum absolute atomic E-state index is 12.4. The lowest BCUT2D eigenvalue weighted by Crippen LogP contribution is -2.11. The molecule has 0 bridgehead atoms. The van der Waals surface area contributed by atoms with Gasteiger partial charge in [0, 0.05) is 35.9 Å². The van der Waals surface area contributed by atoms with Crippen LogP contribution in [0.25, 0.3) is 0 Å².